The predicted octanol–water partition coefficient (Wildman–Crippen LogP) is 1.22. The van der Waals surface area contributed by atoms with Gasteiger partial charge in [0.25, 0.3) is 0 Å². The van der Waals surface area contributed by atoms with Gasteiger partial charge in [0, 0.05) is 12.5 Å². The summed E-state index contributed by atoms with van der Waals surface area (Å²) in [5.41, 5.74) is 0. The van der Waals surface area contributed by atoms with Crippen molar-refractivity contribution in [3.05, 3.63) is 0 Å². The zero-order valence-electron chi connectivity index (χ0n) is 8.52. The Morgan fingerprint density at radius 3 is 2.60 bits per heavy atom. The molecule has 0 bridgehead atoms. The van der Waals surface area contributed by atoms with Crippen molar-refractivity contribution in [2.75, 3.05) is 6.61 Å². The molecule has 2 fully saturated rings. The van der Waals surface area contributed by atoms with E-state index in [1.54, 1.807) is 0 Å². The lowest BCUT2D eigenvalue weighted by atomic mass is 10.1. The van der Waals surface area contributed by atoms with Crippen LogP contribution in [0.4, 0.5) is 4.79 Å². The number of carboxylic acid groups (broad SMARTS) is 1. The molecule has 5 nitrogen and oxygen atoms in total. The van der Waals surface area contributed by atoms with Crippen LogP contribution in [-0.2, 0) is 9.53 Å². The Morgan fingerprint density at radius 2 is 2.00 bits per heavy atom. The van der Waals surface area contributed by atoms with Crippen molar-refractivity contribution in [1.29, 1.82) is 0 Å². The average molecular weight is 213 g/mol. The Balaban J connectivity index is 2.14. The normalized spacial score (nSPS) is 27.9. The maximum Gasteiger partial charge on any atom is 0.410 e. The molecule has 0 spiro atoms. The fourth-order valence-corrected chi connectivity index (χ4v) is 2.43. The number of cyclic esters (lactones) is 1. The number of nitrogens with zero attached hydrogens (tertiary/aromatic N) is 1. The number of hydrogen-bond acceptors (Lipinski definition) is 3. The molecule has 84 valence electrons. The van der Waals surface area contributed by atoms with Crippen LogP contribution in [0.5, 0.6) is 0 Å². The van der Waals surface area contributed by atoms with Gasteiger partial charge in [-0.05, 0) is 12.8 Å². The molecule has 1 atom stereocenters. The van der Waals surface area contributed by atoms with Gasteiger partial charge in [0.05, 0.1) is 6.61 Å². The van der Waals surface area contributed by atoms with E-state index in [9.17, 15) is 9.59 Å². The number of hydrogen-bond donors (Lipinski definition) is 1. The van der Waals surface area contributed by atoms with E-state index < -0.39 is 18.1 Å². The summed E-state index contributed by atoms with van der Waals surface area (Å²) in [5, 5.41) is 9.04. The second kappa shape index (κ2) is 4.08. The fraction of sp³-hybridized carbons (Fsp3) is 0.800. The first kappa shape index (κ1) is 10.3. The third-order valence-electron chi connectivity index (χ3n) is 3.17. The second-order valence-electron chi connectivity index (χ2n) is 4.10. The van der Waals surface area contributed by atoms with Crippen LogP contribution < -0.4 is 0 Å². The van der Waals surface area contributed by atoms with Gasteiger partial charge in [0.2, 0.25) is 0 Å². The van der Waals surface area contributed by atoms with Crippen LogP contribution in [-0.4, -0.2) is 40.8 Å². The lowest BCUT2D eigenvalue weighted by Crippen LogP contribution is -2.53. The van der Waals surface area contributed by atoms with Crippen molar-refractivity contribution in [3.63, 3.8) is 0 Å². The molecule has 1 heterocycles. The van der Waals surface area contributed by atoms with Crippen LogP contribution in [0.25, 0.3) is 0 Å². The minimum Gasteiger partial charge on any atom is -0.480 e. The molecule has 1 aliphatic heterocycles. The van der Waals surface area contributed by atoms with Gasteiger partial charge >= 0.3 is 12.1 Å². The highest BCUT2D eigenvalue weighted by molar-refractivity contribution is 5.81. The van der Waals surface area contributed by atoms with Crippen molar-refractivity contribution >= 4 is 12.1 Å². The number of amides is 1. The second-order valence-corrected chi connectivity index (χ2v) is 4.10. The average Bonchev–Trinajstić information content (AvgIpc) is 2.70. The number of carbonyl (C=O) groups excluding carboxylic acids is 1. The summed E-state index contributed by atoms with van der Waals surface area (Å²) in [6.07, 6.45) is 3.89. The zero-order valence-corrected chi connectivity index (χ0v) is 8.52. The molecule has 1 saturated heterocycles. The van der Waals surface area contributed by atoms with Crippen LogP contribution in [0, 0.1) is 0 Å². The van der Waals surface area contributed by atoms with Crippen molar-refractivity contribution in [2.24, 2.45) is 0 Å². The smallest absolute Gasteiger partial charge is 0.410 e. The van der Waals surface area contributed by atoms with Crippen molar-refractivity contribution in [3.8, 4) is 0 Å². The summed E-state index contributed by atoms with van der Waals surface area (Å²) in [7, 11) is 0. The highest BCUT2D eigenvalue weighted by atomic mass is 16.6. The van der Waals surface area contributed by atoms with Crippen molar-refractivity contribution in [1.82, 2.24) is 4.90 Å². The highest BCUT2D eigenvalue weighted by Crippen LogP contribution is 2.28. The van der Waals surface area contributed by atoms with E-state index in [0.717, 1.165) is 25.7 Å². The molecular weight excluding hydrogens is 198 g/mol. The zero-order chi connectivity index (χ0) is 10.8. The number of carboxylic acids is 1. The van der Waals surface area contributed by atoms with Crippen molar-refractivity contribution in [2.45, 2.75) is 44.2 Å². The minimum absolute atomic E-state index is 0.0684. The Morgan fingerprint density at radius 1 is 1.33 bits per heavy atom. The summed E-state index contributed by atoms with van der Waals surface area (Å²) in [6, 6.07) is -0.617. The highest BCUT2D eigenvalue weighted by Gasteiger charge is 2.40. The Labute approximate surface area is 88.0 Å². The molecule has 1 unspecified atom stereocenters. The quantitative estimate of drug-likeness (QED) is 0.749. The summed E-state index contributed by atoms with van der Waals surface area (Å²) in [5.74, 6) is -0.918. The minimum atomic E-state index is -0.918. The lowest BCUT2D eigenvalue weighted by molar-refractivity contribution is -0.146. The molecule has 0 aromatic carbocycles. The fourth-order valence-electron chi connectivity index (χ4n) is 2.43. The van der Waals surface area contributed by atoms with E-state index in [1.165, 1.54) is 4.90 Å². The van der Waals surface area contributed by atoms with Gasteiger partial charge in [-0.1, -0.05) is 12.8 Å². The van der Waals surface area contributed by atoms with E-state index in [2.05, 4.69) is 0 Å². The summed E-state index contributed by atoms with van der Waals surface area (Å²) < 4.78 is 4.91. The maximum absolute atomic E-state index is 11.5. The Bertz CT molecular complexity index is 273. The van der Waals surface area contributed by atoms with Crippen molar-refractivity contribution < 1.29 is 19.4 Å². The van der Waals surface area contributed by atoms with Gasteiger partial charge in [-0.3, -0.25) is 4.90 Å². The number of aliphatic carboxylic acids is 1. The van der Waals surface area contributed by atoms with Gasteiger partial charge in [0.1, 0.15) is 6.04 Å². The third kappa shape index (κ3) is 1.91. The Hall–Kier alpha value is -1.26. The molecular formula is C10H15NO4. The molecule has 0 aromatic rings. The van der Waals surface area contributed by atoms with Gasteiger partial charge in [-0.2, -0.15) is 0 Å². The van der Waals surface area contributed by atoms with E-state index in [-0.39, 0.29) is 12.6 Å². The molecule has 0 radical (unpaired) electrons. The molecule has 1 amide bonds. The van der Waals surface area contributed by atoms with E-state index in [4.69, 9.17) is 9.84 Å². The molecule has 2 rings (SSSR count). The molecule has 1 saturated carbocycles. The monoisotopic (exact) mass is 213 g/mol. The van der Waals surface area contributed by atoms with Crippen LogP contribution in [0.1, 0.15) is 32.1 Å². The molecule has 5 heteroatoms. The first-order valence-electron chi connectivity index (χ1n) is 5.38. The third-order valence-corrected chi connectivity index (χ3v) is 3.17. The predicted molar refractivity (Wildman–Crippen MR) is 51.5 cm³/mol. The summed E-state index contributed by atoms with van der Waals surface area (Å²) >= 11 is 0. The molecule has 2 aliphatic rings. The van der Waals surface area contributed by atoms with Crippen LogP contribution in [0.2, 0.25) is 0 Å². The van der Waals surface area contributed by atoms with Gasteiger partial charge in [-0.15, -0.1) is 0 Å². The molecule has 1 aliphatic carbocycles. The summed E-state index contributed by atoms with van der Waals surface area (Å²) in [6.45, 7) is 0.221. The standard InChI is InChI=1S/C10H15NO4/c12-9(13)8-5-6-15-10(14)11(8)7-3-1-2-4-7/h7-8H,1-6H2,(H,12,13). The molecule has 0 aromatic heterocycles. The van der Waals surface area contributed by atoms with E-state index >= 15 is 0 Å². The molecule has 15 heavy (non-hydrogen) atoms. The first-order valence-corrected chi connectivity index (χ1v) is 5.38. The van der Waals surface area contributed by atoms with Crippen LogP contribution in [0.15, 0.2) is 0 Å². The van der Waals surface area contributed by atoms with Crippen LogP contribution in [0.3, 0.4) is 0 Å². The lowest BCUT2D eigenvalue weighted by Gasteiger charge is -2.36. The number of rotatable bonds is 2. The number of ether oxygens (including phenoxy) is 1. The molecule has 1 N–H and O–H groups in total. The maximum atomic E-state index is 11.5. The van der Waals surface area contributed by atoms with Gasteiger partial charge in [0.15, 0.2) is 0 Å². The summed E-state index contributed by atoms with van der Waals surface area (Å²) in [4.78, 5) is 24.0. The first-order chi connectivity index (χ1) is 7.20. The van der Waals surface area contributed by atoms with Gasteiger partial charge < -0.3 is 9.84 Å². The van der Waals surface area contributed by atoms with E-state index in [0.29, 0.717) is 6.42 Å². The Kier molecular flexibility index (Phi) is 2.79. The topological polar surface area (TPSA) is 66.8 Å². The SMILES string of the molecule is O=C(O)C1CCOC(=O)N1C1CCCC1. The van der Waals surface area contributed by atoms with E-state index in [1.807, 2.05) is 0 Å². The van der Waals surface area contributed by atoms with Crippen LogP contribution >= 0.6 is 0 Å². The largest absolute Gasteiger partial charge is 0.480 e. The van der Waals surface area contributed by atoms with Gasteiger partial charge in [-0.25, -0.2) is 9.59 Å². The number of carbonyl (C=O) groups is 2.